The van der Waals surface area contributed by atoms with Crippen LogP contribution < -0.4 is 4.74 Å². The van der Waals surface area contributed by atoms with Gasteiger partial charge in [-0.25, -0.2) is 14.8 Å². The van der Waals surface area contributed by atoms with Gasteiger partial charge in [-0.05, 0) is 0 Å². The van der Waals surface area contributed by atoms with E-state index >= 15 is 0 Å². The third kappa shape index (κ3) is 3.45. The Hall–Kier alpha value is -2.55. The molecule has 9 nitrogen and oxygen atoms in total. The van der Waals surface area contributed by atoms with Crippen molar-refractivity contribution in [2.24, 2.45) is 0 Å². The van der Waals surface area contributed by atoms with Crippen LogP contribution in [0.4, 0.5) is 0 Å². The van der Waals surface area contributed by atoms with Gasteiger partial charge in [-0.15, -0.1) is 0 Å². The minimum absolute atomic E-state index is 0.0818. The number of nitrogens with zero attached hydrogens (tertiary/aromatic N) is 4. The lowest BCUT2D eigenvalue weighted by atomic mass is 10.4. The van der Waals surface area contributed by atoms with Crippen molar-refractivity contribution in [2.45, 2.75) is 6.61 Å². The summed E-state index contributed by atoms with van der Waals surface area (Å²) in [5.74, 6) is -0.290. The SMILES string of the molecule is COc1cc(-c2noc(COCC(=O)O)n2)ncn1. The van der Waals surface area contributed by atoms with Crippen LogP contribution in [0.15, 0.2) is 16.9 Å². The van der Waals surface area contributed by atoms with Gasteiger partial charge in [0.05, 0.1) is 7.11 Å². The second kappa shape index (κ2) is 5.87. The van der Waals surface area contributed by atoms with Gasteiger partial charge in [0.15, 0.2) is 0 Å². The molecule has 0 aliphatic rings. The van der Waals surface area contributed by atoms with Crippen molar-refractivity contribution in [3.8, 4) is 17.4 Å². The lowest BCUT2D eigenvalue weighted by Crippen LogP contribution is -2.06. The molecular formula is C10H10N4O5. The molecule has 100 valence electrons. The van der Waals surface area contributed by atoms with E-state index in [0.717, 1.165) is 0 Å². The fraction of sp³-hybridized carbons (Fsp3) is 0.300. The number of methoxy groups -OCH3 is 1. The Kier molecular flexibility index (Phi) is 3.98. The predicted octanol–water partition coefficient (Wildman–Crippen LogP) is 0.136. The van der Waals surface area contributed by atoms with Gasteiger partial charge in [-0.1, -0.05) is 5.16 Å². The van der Waals surface area contributed by atoms with Crippen molar-refractivity contribution >= 4 is 5.97 Å². The fourth-order valence-corrected chi connectivity index (χ4v) is 1.22. The number of rotatable bonds is 6. The summed E-state index contributed by atoms with van der Waals surface area (Å²) in [7, 11) is 1.48. The number of carboxylic acids is 1. The molecule has 0 radical (unpaired) electrons. The summed E-state index contributed by atoms with van der Waals surface area (Å²) in [4.78, 5) is 22.1. The number of aromatic nitrogens is 4. The maximum absolute atomic E-state index is 10.3. The Labute approximate surface area is 107 Å². The van der Waals surface area contributed by atoms with Crippen molar-refractivity contribution in [3.63, 3.8) is 0 Å². The highest BCUT2D eigenvalue weighted by atomic mass is 16.5. The number of ether oxygens (including phenoxy) is 2. The maximum atomic E-state index is 10.3. The monoisotopic (exact) mass is 266 g/mol. The Bertz CT molecular complexity index is 571. The molecule has 0 aliphatic carbocycles. The second-order valence-corrected chi connectivity index (χ2v) is 3.34. The highest BCUT2D eigenvalue weighted by Gasteiger charge is 2.11. The molecule has 0 fully saturated rings. The zero-order valence-corrected chi connectivity index (χ0v) is 9.94. The molecule has 2 aromatic rings. The number of carbonyl (C=O) groups is 1. The quantitative estimate of drug-likeness (QED) is 0.777. The lowest BCUT2D eigenvalue weighted by Gasteiger charge is -1.97. The minimum atomic E-state index is -1.07. The molecule has 0 unspecified atom stereocenters. The van der Waals surface area contributed by atoms with Crippen molar-refractivity contribution in [3.05, 3.63) is 18.3 Å². The Morgan fingerprint density at radius 3 is 3.05 bits per heavy atom. The first-order valence-corrected chi connectivity index (χ1v) is 5.17. The normalized spacial score (nSPS) is 10.4. The summed E-state index contributed by atoms with van der Waals surface area (Å²) >= 11 is 0. The van der Waals surface area contributed by atoms with Crippen molar-refractivity contribution < 1.29 is 23.9 Å². The molecule has 2 rings (SSSR count). The van der Waals surface area contributed by atoms with Gasteiger partial charge in [0.25, 0.3) is 5.89 Å². The molecule has 0 atom stereocenters. The van der Waals surface area contributed by atoms with Crippen molar-refractivity contribution in [1.82, 2.24) is 20.1 Å². The van der Waals surface area contributed by atoms with E-state index < -0.39 is 12.6 Å². The summed E-state index contributed by atoms with van der Waals surface area (Å²) in [6, 6.07) is 1.55. The lowest BCUT2D eigenvalue weighted by molar-refractivity contribution is -0.142. The van der Waals surface area contributed by atoms with Gasteiger partial charge in [-0.3, -0.25) is 0 Å². The molecule has 9 heteroatoms. The Balaban J connectivity index is 2.05. The van der Waals surface area contributed by atoms with E-state index in [-0.39, 0.29) is 18.3 Å². The van der Waals surface area contributed by atoms with Gasteiger partial charge < -0.3 is 19.1 Å². The highest BCUT2D eigenvalue weighted by molar-refractivity contribution is 5.67. The van der Waals surface area contributed by atoms with E-state index in [1.807, 2.05) is 0 Å². The molecule has 0 saturated carbocycles. The minimum Gasteiger partial charge on any atom is -0.481 e. The molecule has 0 spiro atoms. The zero-order chi connectivity index (χ0) is 13.7. The van der Waals surface area contributed by atoms with Crippen LogP contribution in [0.3, 0.4) is 0 Å². The molecular weight excluding hydrogens is 256 g/mol. The topological polar surface area (TPSA) is 120 Å². The average molecular weight is 266 g/mol. The molecule has 0 amide bonds. The summed E-state index contributed by atoms with van der Waals surface area (Å²) < 4.78 is 14.7. The van der Waals surface area contributed by atoms with Gasteiger partial charge in [0.1, 0.15) is 25.2 Å². The molecule has 0 saturated heterocycles. The molecule has 19 heavy (non-hydrogen) atoms. The maximum Gasteiger partial charge on any atom is 0.329 e. The number of carboxylic acid groups (broad SMARTS) is 1. The fourth-order valence-electron chi connectivity index (χ4n) is 1.22. The van der Waals surface area contributed by atoms with Gasteiger partial charge in [0.2, 0.25) is 11.7 Å². The van der Waals surface area contributed by atoms with Crippen LogP contribution in [0.1, 0.15) is 5.89 Å². The van der Waals surface area contributed by atoms with Crippen LogP contribution in [0.5, 0.6) is 5.88 Å². The molecule has 0 bridgehead atoms. The number of hydrogen-bond donors (Lipinski definition) is 1. The summed E-state index contributed by atoms with van der Waals surface area (Å²) in [5.41, 5.74) is 0.431. The zero-order valence-electron chi connectivity index (χ0n) is 9.94. The van der Waals surface area contributed by atoms with Crippen LogP contribution in [0.2, 0.25) is 0 Å². The van der Waals surface area contributed by atoms with E-state index in [9.17, 15) is 4.79 Å². The predicted molar refractivity (Wildman–Crippen MR) is 59.2 cm³/mol. The van der Waals surface area contributed by atoms with Crippen LogP contribution in [-0.2, 0) is 16.1 Å². The van der Waals surface area contributed by atoms with E-state index in [1.54, 1.807) is 6.07 Å². The van der Waals surface area contributed by atoms with E-state index in [4.69, 9.17) is 19.1 Å². The third-order valence-corrected chi connectivity index (χ3v) is 2.00. The molecule has 2 aromatic heterocycles. The van der Waals surface area contributed by atoms with Gasteiger partial charge >= 0.3 is 5.97 Å². The van der Waals surface area contributed by atoms with Gasteiger partial charge in [0, 0.05) is 6.07 Å². The third-order valence-electron chi connectivity index (χ3n) is 2.00. The van der Waals surface area contributed by atoms with E-state index in [1.165, 1.54) is 13.4 Å². The van der Waals surface area contributed by atoms with Gasteiger partial charge in [-0.2, -0.15) is 4.98 Å². The standard InChI is InChI=1S/C10H10N4O5/c1-17-7-2-6(11-5-12-7)10-13-8(19-14-10)3-18-4-9(15)16/h2,5H,3-4H2,1H3,(H,15,16). The summed E-state index contributed by atoms with van der Waals surface area (Å²) in [5, 5.41) is 12.1. The van der Waals surface area contributed by atoms with Crippen molar-refractivity contribution in [1.29, 1.82) is 0 Å². The molecule has 0 aliphatic heterocycles. The molecule has 0 aromatic carbocycles. The largest absolute Gasteiger partial charge is 0.481 e. The first-order chi connectivity index (χ1) is 9.19. The summed E-state index contributed by atoms with van der Waals surface area (Å²) in [6.45, 7) is -0.513. The first-order valence-electron chi connectivity index (χ1n) is 5.17. The second-order valence-electron chi connectivity index (χ2n) is 3.34. The van der Waals surface area contributed by atoms with E-state index in [2.05, 4.69) is 20.1 Å². The van der Waals surface area contributed by atoms with Crippen LogP contribution >= 0.6 is 0 Å². The van der Waals surface area contributed by atoms with Crippen LogP contribution in [0.25, 0.3) is 11.5 Å². The number of hydrogen-bond acceptors (Lipinski definition) is 8. The molecule has 2 heterocycles. The number of aliphatic carboxylic acids is 1. The van der Waals surface area contributed by atoms with Crippen LogP contribution in [0, 0.1) is 0 Å². The Morgan fingerprint density at radius 1 is 1.47 bits per heavy atom. The smallest absolute Gasteiger partial charge is 0.329 e. The van der Waals surface area contributed by atoms with Crippen LogP contribution in [-0.4, -0.2) is 44.9 Å². The highest BCUT2D eigenvalue weighted by Crippen LogP contribution is 2.16. The Morgan fingerprint density at radius 2 is 2.32 bits per heavy atom. The first kappa shape index (κ1) is 12.9. The summed E-state index contributed by atoms with van der Waals surface area (Å²) in [6.07, 6.45) is 1.31. The van der Waals surface area contributed by atoms with Crippen molar-refractivity contribution in [2.75, 3.05) is 13.7 Å². The van der Waals surface area contributed by atoms with E-state index in [0.29, 0.717) is 11.6 Å². The average Bonchev–Trinajstić information content (AvgIpc) is 2.87. The molecule has 1 N–H and O–H groups in total.